The van der Waals surface area contributed by atoms with Gasteiger partial charge in [-0.25, -0.2) is 9.18 Å². The molecule has 2 aromatic heterocycles. The second-order valence-electron chi connectivity index (χ2n) is 13.2. The highest BCUT2D eigenvalue weighted by Gasteiger charge is 2.49. The first kappa shape index (κ1) is 30.9. The Morgan fingerprint density at radius 2 is 1.60 bits per heavy atom. The molecule has 45 heavy (non-hydrogen) atoms. The largest absolute Gasteiger partial charge is 0.465 e. The molecule has 1 aliphatic rings. The lowest BCUT2D eigenvalue weighted by molar-refractivity contribution is 0.0642. The molecule has 5 aromatic rings. The Balaban J connectivity index is 1.62. The number of unbranched alkanes of at least 4 members (excludes halogenated alkanes) is 1. The third-order valence-electron chi connectivity index (χ3n) is 10.7. The van der Waals surface area contributed by atoms with Crippen molar-refractivity contribution in [3.05, 3.63) is 107 Å². The van der Waals surface area contributed by atoms with Crippen molar-refractivity contribution in [2.75, 3.05) is 20.6 Å². The van der Waals surface area contributed by atoms with Gasteiger partial charge in [0.25, 0.3) is 0 Å². The van der Waals surface area contributed by atoms with Gasteiger partial charge in [0.15, 0.2) is 0 Å². The molecule has 0 radical (unpaired) electrons. The summed E-state index contributed by atoms with van der Waals surface area (Å²) in [6.07, 6.45) is 6.29. The predicted molar refractivity (Wildman–Crippen MR) is 181 cm³/mol. The number of benzene rings is 3. The number of fused-ring (bicyclic) bond motifs is 2. The molecule has 1 aliphatic carbocycles. The van der Waals surface area contributed by atoms with Gasteiger partial charge in [0, 0.05) is 51.2 Å². The Morgan fingerprint density at radius 1 is 0.933 bits per heavy atom. The van der Waals surface area contributed by atoms with E-state index in [2.05, 4.69) is 78.5 Å². The number of hydrogen-bond donors (Lipinski definition) is 4. The third kappa shape index (κ3) is 5.52. The van der Waals surface area contributed by atoms with Gasteiger partial charge in [0.05, 0.1) is 5.41 Å². The molecule has 1 fully saturated rings. The van der Waals surface area contributed by atoms with E-state index in [4.69, 9.17) is 0 Å². The number of rotatable bonds is 10. The van der Waals surface area contributed by atoms with Crippen LogP contribution < -0.4 is 5.32 Å². The zero-order chi connectivity index (χ0) is 31.8. The fourth-order valence-corrected chi connectivity index (χ4v) is 8.14. The number of carbonyl (C=O) groups is 1. The second kappa shape index (κ2) is 12.4. The number of halogens is 1. The van der Waals surface area contributed by atoms with Gasteiger partial charge in [-0.3, -0.25) is 0 Å². The van der Waals surface area contributed by atoms with Crippen LogP contribution in [0.4, 0.5) is 9.18 Å². The fraction of sp³-hybridized carbons (Fsp3) is 0.395. The molecule has 1 amide bonds. The molecule has 0 bridgehead atoms. The number of aromatic amines is 2. The normalized spacial score (nSPS) is 21.0. The van der Waals surface area contributed by atoms with Crippen LogP contribution in [-0.4, -0.2) is 52.2 Å². The van der Waals surface area contributed by atoms with Crippen LogP contribution in [0.25, 0.3) is 21.8 Å². The highest BCUT2D eigenvalue weighted by molar-refractivity contribution is 5.88. The molecular weight excluding hydrogens is 563 g/mol. The van der Waals surface area contributed by atoms with Gasteiger partial charge in [0.1, 0.15) is 5.82 Å². The SMILES string of the molecule is CCCCC1(N(C)C)CCC(c2[nH]c3ccc(F)cc3c2C)(c2[nH]c3ccccc3c2C(CNC(=O)O)c2ccccc2)CC1. The molecule has 0 spiro atoms. The quantitative estimate of drug-likeness (QED) is 0.128. The first-order valence-electron chi connectivity index (χ1n) is 16.3. The number of para-hydroxylation sites is 1. The maximum Gasteiger partial charge on any atom is 0.404 e. The molecule has 1 unspecified atom stereocenters. The summed E-state index contributed by atoms with van der Waals surface area (Å²) in [4.78, 5) is 22.0. The fourth-order valence-electron chi connectivity index (χ4n) is 8.14. The van der Waals surface area contributed by atoms with Crippen LogP contribution in [0.1, 0.15) is 85.9 Å². The number of amides is 1. The zero-order valence-electron chi connectivity index (χ0n) is 26.8. The molecule has 0 aliphatic heterocycles. The van der Waals surface area contributed by atoms with Crippen molar-refractivity contribution in [2.24, 2.45) is 0 Å². The van der Waals surface area contributed by atoms with Crippen molar-refractivity contribution in [2.45, 2.75) is 75.7 Å². The maximum atomic E-state index is 14.6. The third-order valence-corrected chi connectivity index (χ3v) is 10.7. The summed E-state index contributed by atoms with van der Waals surface area (Å²) in [6, 6.07) is 23.6. The highest BCUT2D eigenvalue weighted by Crippen LogP contribution is 2.54. The van der Waals surface area contributed by atoms with Gasteiger partial charge >= 0.3 is 6.09 Å². The van der Waals surface area contributed by atoms with Crippen molar-refractivity contribution in [1.82, 2.24) is 20.2 Å². The molecule has 7 heteroatoms. The first-order chi connectivity index (χ1) is 21.7. The van der Waals surface area contributed by atoms with E-state index in [9.17, 15) is 14.3 Å². The van der Waals surface area contributed by atoms with Crippen molar-refractivity contribution in [3.63, 3.8) is 0 Å². The number of nitrogens with zero attached hydrogens (tertiary/aromatic N) is 1. The van der Waals surface area contributed by atoms with E-state index in [1.54, 1.807) is 6.07 Å². The number of aromatic nitrogens is 2. The predicted octanol–water partition coefficient (Wildman–Crippen LogP) is 8.85. The topological polar surface area (TPSA) is 84.2 Å². The molecule has 1 atom stereocenters. The molecule has 4 N–H and O–H groups in total. The van der Waals surface area contributed by atoms with Gasteiger partial charge in [-0.15, -0.1) is 0 Å². The number of H-pyrrole nitrogens is 2. The van der Waals surface area contributed by atoms with Crippen LogP contribution in [0, 0.1) is 12.7 Å². The van der Waals surface area contributed by atoms with E-state index in [0.717, 1.165) is 88.4 Å². The lowest BCUT2D eigenvalue weighted by atomic mass is 9.61. The van der Waals surface area contributed by atoms with Gasteiger partial charge in [-0.1, -0.05) is 68.3 Å². The van der Waals surface area contributed by atoms with E-state index >= 15 is 0 Å². The van der Waals surface area contributed by atoms with Crippen molar-refractivity contribution >= 4 is 27.9 Å². The van der Waals surface area contributed by atoms with E-state index in [1.165, 1.54) is 12.5 Å². The van der Waals surface area contributed by atoms with Crippen molar-refractivity contribution < 1.29 is 14.3 Å². The van der Waals surface area contributed by atoms with Gasteiger partial charge in [0.2, 0.25) is 0 Å². The lowest BCUT2D eigenvalue weighted by Crippen LogP contribution is -2.51. The number of aryl methyl sites for hydroxylation is 1. The molecule has 1 saturated carbocycles. The monoisotopic (exact) mass is 608 g/mol. The second-order valence-corrected chi connectivity index (χ2v) is 13.2. The number of carboxylic acid groups (broad SMARTS) is 1. The van der Waals surface area contributed by atoms with Crippen molar-refractivity contribution in [3.8, 4) is 0 Å². The Kier molecular flexibility index (Phi) is 8.49. The average molecular weight is 609 g/mol. The van der Waals surface area contributed by atoms with Crippen LogP contribution >= 0.6 is 0 Å². The van der Waals surface area contributed by atoms with Crippen molar-refractivity contribution in [1.29, 1.82) is 0 Å². The van der Waals surface area contributed by atoms with E-state index in [0.29, 0.717) is 0 Å². The molecular formula is C38H45FN4O2. The smallest absolute Gasteiger partial charge is 0.404 e. The summed E-state index contributed by atoms with van der Waals surface area (Å²) >= 11 is 0. The van der Waals surface area contributed by atoms with Crippen LogP contribution in [-0.2, 0) is 5.41 Å². The average Bonchev–Trinajstić information content (AvgIpc) is 3.59. The summed E-state index contributed by atoms with van der Waals surface area (Å²) in [5.74, 6) is -0.455. The lowest BCUT2D eigenvalue weighted by Gasteiger charge is -2.50. The summed E-state index contributed by atoms with van der Waals surface area (Å²) < 4.78 is 14.6. The summed E-state index contributed by atoms with van der Waals surface area (Å²) in [5, 5.41) is 14.5. The molecule has 6 rings (SSSR count). The van der Waals surface area contributed by atoms with E-state index < -0.39 is 11.5 Å². The Bertz CT molecular complexity index is 1800. The van der Waals surface area contributed by atoms with Gasteiger partial charge in [-0.2, -0.15) is 0 Å². The maximum absolute atomic E-state index is 14.6. The molecule has 3 aromatic carbocycles. The van der Waals surface area contributed by atoms with E-state index in [1.807, 2.05) is 30.3 Å². The number of nitrogens with one attached hydrogen (secondary N) is 3. The summed E-state index contributed by atoms with van der Waals surface area (Å²) in [5.41, 5.74) is 7.15. The van der Waals surface area contributed by atoms with Crippen LogP contribution in [0.5, 0.6) is 0 Å². The molecule has 6 nitrogen and oxygen atoms in total. The minimum Gasteiger partial charge on any atom is -0.465 e. The standard InChI is InChI=1S/C38H45FN4O2/c1-5-6-18-37(43(3)4)19-21-38(22-20-37,34-25(2)29-23-27(39)16-17-32(29)41-34)35-33(28-14-10-11-15-31(28)42-35)30(24-40-36(44)45)26-12-8-7-9-13-26/h7-17,23,30,40-42H,5-6,18-22,24H2,1-4H3,(H,44,45). The van der Waals surface area contributed by atoms with Gasteiger partial charge in [-0.05, 0) is 94.1 Å². The molecule has 0 saturated heterocycles. The Morgan fingerprint density at radius 3 is 2.29 bits per heavy atom. The first-order valence-corrected chi connectivity index (χ1v) is 16.3. The summed E-state index contributed by atoms with van der Waals surface area (Å²) in [7, 11) is 4.44. The van der Waals surface area contributed by atoms with Crippen LogP contribution in [0.2, 0.25) is 0 Å². The van der Waals surface area contributed by atoms with Crippen LogP contribution in [0.15, 0.2) is 72.8 Å². The Hall–Kier alpha value is -4.10. The minimum absolute atomic E-state index is 0.0986. The molecule has 2 heterocycles. The Labute approximate surface area is 265 Å². The van der Waals surface area contributed by atoms with E-state index in [-0.39, 0.29) is 23.8 Å². The molecule has 236 valence electrons. The zero-order valence-corrected chi connectivity index (χ0v) is 26.8. The minimum atomic E-state index is -1.04. The number of hydrogen-bond acceptors (Lipinski definition) is 2. The van der Waals surface area contributed by atoms with Crippen LogP contribution in [0.3, 0.4) is 0 Å². The summed E-state index contributed by atoms with van der Waals surface area (Å²) in [6.45, 7) is 4.62. The van der Waals surface area contributed by atoms with Gasteiger partial charge < -0.3 is 25.3 Å². The highest BCUT2D eigenvalue weighted by atomic mass is 19.1.